The molecule has 0 aromatic carbocycles. The van der Waals surface area contributed by atoms with Gasteiger partial charge in [0.15, 0.2) is 9.84 Å². The summed E-state index contributed by atoms with van der Waals surface area (Å²) in [6.07, 6.45) is 0.0777. The lowest BCUT2D eigenvalue weighted by Gasteiger charge is -2.16. The van der Waals surface area contributed by atoms with Gasteiger partial charge in [-0.1, -0.05) is 0 Å². The van der Waals surface area contributed by atoms with E-state index in [-0.39, 0.29) is 49.4 Å². The topological polar surface area (TPSA) is 86.7 Å². The molecule has 2 atom stereocenters. The molecule has 2 unspecified atom stereocenters. The molecule has 0 aliphatic carbocycles. The fourth-order valence-corrected chi connectivity index (χ4v) is 4.53. The quantitative estimate of drug-likeness (QED) is 0.665. The van der Waals surface area contributed by atoms with Crippen LogP contribution in [0, 0.1) is 11.8 Å². The van der Waals surface area contributed by atoms with E-state index < -0.39 is 21.8 Å². The van der Waals surface area contributed by atoms with Gasteiger partial charge in [-0.05, 0) is 25.7 Å². The number of esters is 2. The first kappa shape index (κ1) is 15.9. The molecule has 7 heteroatoms. The number of hydrogen-bond acceptors (Lipinski definition) is 6. The Morgan fingerprint density at radius 2 is 1.32 bits per heavy atom. The highest BCUT2D eigenvalue weighted by Gasteiger charge is 2.40. The van der Waals surface area contributed by atoms with Gasteiger partial charge in [-0.25, -0.2) is 8.42 Å². The minimum absolute atomic E-state index is 0.0388. The molecule has 1 aliphatic heterocycles. The minimum Gasteiger partial charge on any atom is -0.466 e. The van der Waals surface area contributed by atoms with E-state index in [0.29, 0.717) is 0 Å². The van der Waals surface area contributed by atoms with Crippen LogP contribution in [0.15, 0.2) is 0 Å². The van der Waals surface area contributed by atoms with Gasteiger partial charge in [-0.15, -0.1) is 0 Å². The van der Waals surface area contributed by atoms with Crippen LogP contribution < -0.4 is 0 Å². The molecule has 0 aromatic rings. The van der Waals surface area contributed by atoms with Gasteiger partial charge in [0.05, 0.1) is 24.7 Å². The van der Waals surface area contributed by atoms with E-state index in [1.807, 2.05) is 0 Å². The van der Waals surface area contributed by atoms with Crippen LogP contribution in [-0.2, 0) is 28.9 Å². The summed E-state index contributed by atoms with van der Waals surface area (Å²) in [5.41, 5.74) is 0. The van der Waals surface area contributed by atoms with Crippen LogP contribution in [0.1, 0.15) is 26.7 Å². The largest absolute Gasteiger partial charge is 0.466 e. The van der Waals surface area contributed by atoms with Crippen LogP contribution in [0.25, 0.3) is 0 Å². The molecular weight excluding hydrogens is 272 g/mol. The summed E-state index contributed by atoms with van der Waals surface area (Å²) in [5.74, 6) is -1.66. The first-order chi connectivity index (χ1) is 8.88. The Balaban J connectivity index is 2.65. The zero-order valence-corrected chi connectivity index (χ0v) is 12.1. The lowest BCUT2D eigenvalue weighted by atomic mass is 9.90. The molecule has 0 radical (unpaired) electrons. The van der Waals surface area contributed by atoms with Crippen molar-refractivity contribution in [2.75, 3.05) is 24.7 Å². The minimum atomic E-state index is -3.18. The van der Waals surface area contributed by atoms with Crippen molar-refractivity contribution in [2.45, 2.75) is 26.7 Å². The molecule has 19 heavy (non-hydrogen) atoms. The molecule has 0 N–H and O–H groups in total. The fourth-order valence-electron chi connectivity index (χ4n) is 2.31. The van der Waals surface area contributed by atoms with Crippen molar-refractivity contribution in [1.82, 2.24) is 0 Å². The molecule has 1 fully saturated rings. The van der Waals surface area contributed by atoms with Gasteiger partial charge in [0.2, 0.25) is 0 Å². The van der Waals surface area contributed by atoms with Crippen LogP contribution >= 0.6 is 0 Å². The number of hydrogen-bond donors (Lipinski definition) is 0. The third-order valence-corrected chi connectivity index (χ3v) is 4.94. The fraction of sp³-hybridized carbons (Fsp3) is 0.833. The Labute approximate surface area is 113 Å². The van der Waals surface area contributed by atoms with Gasteiger partial charge >= 0.3 is 11.9 Å². The highest BCUT2D eigenvalue weighted by Crippen LogP contribution is 2.31. The van der Waals surface area contributed by atoms with Gasteiger partial charge in [0.1, 0.15) is 0 Å². The van der Waals surface area contributed by atoms with E-state index in [4.69, 9.17) is 9.47 Å². The second-order valence-electron chi connectivity index (χ2n) is 4.62. The van der Waals surface area contributed by atoms with Crippen molar-refractivity contribution in [3.8, 4) is 0 Å². The maximum Gasteiger partial charge on any atom is 0.306 e. The molecule has 0 spiro atoms. The molecule has 1 saturated heterocycles. The normalized spacial score (nSPS) is 24.9. The molecule has 0 amide bonds. The average Bonchev–Trinajstić information content (AvgIpc) is 2.53. The molecular formula is C12H20O6S. The SMILES string of the molecule is CCOC(=O)CC1CS(=O)(=O)CC1CC(=O)OCC. The summed E-state index contributed by atoms with van der Waals surface area (Å²) in [4.78, 5) is 22.9. The molecule has 1 rings (SSSR count). The lowest BCUT2D eigenvalue weighted by Crippen LogP contribution is -2.21. The summed E-state index contributed by atoms with van der Waals surface area (Å²) in [6.45, 7) is 3.92. The zero-order chi connectivity index (χ0) is 14.5. The van der Waals surface area contributed by atoms with Gasteiger partial charge in [0, 0.05) is 12.8 Å². The van der Waals surface area contributed by atoms with E-state index in [1.165, 1.54) is 0 Å². The smallest absolute Gasteiger partial charge is 0.306 e. The van der Waals surface area contributed by atoms with E-state index in [2.05, 4.69) is 0 Å². The van der Waals surface area contributed by atoms with E-state index in [9.17, 15) is 18.0 Å². The standard InChI is InChI=1S/C12H20O6S/c1-3-17-11(13)5-9-7-19(15,16)8-10(9)6-12(14)18-4-2/h9-10H,3-8H2,1-2H3. The predicted octanol–water partition coefficient (Wildman–Crippen LogP) is 0.554. The molecule has 0 aromatic heterocycles. The van der Waals surface area contributed by atoms with Crippen LogP contribution in [0.4, 0.5) is 0 Å². The predicted molar refractivity (Wildman–Crippen MR) is 68.1 cm³/mol. The lowest BCUT2D eigenvalue weighted by molar-refractivity contribution is -0.147. The Morgan fingerprint density at radius 1 is 0.947 bits per heavy atom. The zero-order valence-electron chi connectivity index (χ0n) is 11.3. The van der Waals surface area contributed by atoms with E-state index in [0.717, 1.165) is 0 Å². The van der Waals surface area contributed by atoms with Crippen molar-refractivity contribution < 1.29 is 27.5 Å². The molecule has 110 valence electrons. The molecule has 6 nitrogen and oxygen atoms in total. The van der Waals surface area contributed by atoms with Crippen LogP contribution in [0.5, 0.6) is 0 Å². The Bertz CT molecular complexity index is 394. The average molecular weight is 292 g/mol. The van der Waals surface area contributed by atoms with Crippen LogP contribution in [0.3, 0.4) is 0 Å². The Kier molecular flexibility index (Phi) is 5.78. The van der Waals surface area contributed by atoms with Crippen molar-refractivity contribution >= 4 is 21.8 Å². The molecule has 1 heterocycles. The molecule has 0 saturated carbocycles. The molecule has 1 aliphatic rings. The van der Waals surface area contributed by atoms with Crippen LogP contribution in [0.2, 0.25) is 0 Å². The van der Waals surface area contributed by atoms with Crippen molar-refractivity contribution in [3.63, 3.8) is 0 Å². The highest BCUT2D eigenvalue weighted by atomic mass is 32.2. The maximum absolute atomic E-state index is 11.6. The van der Waals surface area contributed by atoms with Gasteiger partial charge in [0.25, 0.3) is 0 Å². The Hall–Kier alpha value is -1.11. The number of carbonyl (C=O) groups is 2. The summed E-state index contributed by atoms with van der Waals surface area (Å²) in [6, 6.07) is 0. The van der Waals surface area contributed by atoms with Crippen molar-refractivity contribution in [3.05, 3.63) is 0 Å². The van der Waals surface area contributed by atoms with E-state index >= 15 is 0 Å². The number of sulfone groups is 1. The summed E-state index contributed by atoms with van der Waals surface area (Å²) >= 11 is 0. The van der Waals surface area contributed by atoms with Crippen molar-refractivity contribution in [2.24, 2.45) is 11.8 Å². The van der Waals surface area contributed by atoms with Gasteiger partial charge in [-0.3, -0.25) is 9.59 Å². The van der Waals surface area contributed by atoms with Crippen molar-refractivity contribution in [1.29, 1.82) is 0 Å². The second kappa shape index (κ2) is 6.88. The summed E-state index contributed by atoms with van der Waals surface area (Å²) < 4.78 is 32.9. The number of carbonyl (C=O) groups excluding carboxylic acids is 2. The Morgan fingerprint density at radius 3 is 1.63 bits per heavy atom. The van der Waals surface area contributed by atoms with E-state index in [1.54, 1.807) is 13.8 Å². The number of rotatable bonds is 6. The summed E-state index contributed by atoms with van der Waals surface area (Å²) in [7, 11) is -3.18. The highest BCUT2D eigenvalue weighted by molar-refractivity contribution is 7.91. The third kappa shape index (κ3) is 5.18. The van der Waals surface area contributed by atoms with Gasteiger partial charge < -0.3 is 9.47 Å². The first-order valence-electron chi connectivity index (χ1n) is 6.39. The first-order valence-corrected chi connectivity index (χ1v) is 8.21. The monoisotopic (exact) mass is 292 g/mol. The van der Waals surface area contributed by atoms with Gasteiger partial charge in [-0.2, -0.15) is 0 Å². The maximum atomic E-state index is 11.6. The number of ether oxygens (including phenoxy) is 2. The summed E-state index contributed by atoms with van der Waals surface area (Å²) in [5, 5.41) is 0. The third-order valence-electron chi connectivity index (χ3n) is 3.07. The molecule has 0 bridgehead atoms. The van der Waals surface area contributed by atoms with Crippen LogP contribution in [-0.4, -0.2) is 45.1 Å². The second-order valence-corrected chi connectivity index (χ2v) is 6.77.